The van der Waals surface area contributed by atoms with Crippen LogP contribution < -0.4 is 16.0 Å². The van der Waals surface area contributed by atoms with Crippen molar-refractivity contribution < 1.29 is 4.79 Å². The molecule has 1 fully saturated rings. The van der Waals surface area contributed by atoms with Gasteiger partial charge in [0.25, 0.3) is 0 Å². The van der Waals surface area contributed by atoms with Gasteiger partial charge in [0.15, 0.2) is 0 Å². The molecule has 1 aliphatic rings. The summed E-state index contributed by atoms with van der Waals surface area (Å²) >= 11 is 0. The SMILES string of the molecule is N=Cc1cccc(NC(=O)NCCC[C@H]2C[C@H](Cc3ccccc3)CCN2)c1. The van der Waals surface area contributed by atoms with E-state index in [1.807, 2.05) is 18.2 Å². The summed E-state index contributed by atoms with van der Waals surface area (Å²) in [6, 6.07) is 18.4. The highest BCUT2D eigenvalue weighted by Gasteiger charge is 2.21. The van der Waals surface area contributed by atoms with Crippen molar-refractivity contribution >= 4 is 17.9 Å². The maximum absolute atomic E-state index is 12.0. The molecule has 0 unspecified atom stereocenters. The van der Waals surface area contributed by atoms with E-state index in [0.717, 1.165) is 37.3 Å². The van der Waals surface area contributed by atoms with Crippen LogP contribution in [-0.4, -0.2) is 31.4 Å². The summed E-state index contributed by atoms with van der Waals surface area (Å²) in [6.07, 6.45) is 6.91. The van der Waals surface area contributed by atoms with Gasteiger partial charge < -0.3 is 21.4 Å². The molecule has 3 rings (SSSR count). The molecule has 5 nitrogen and oxygen atoms in total. The van der Waals surface area contributed by atoms with Crippen LogP contribution in [0.15, 0.2) is 54.6 Å². The number of carbonyl (C=O) groups is 1. The quantitative estimate of drug-likeness (QED) is 0.410. The number of piperidine rings is 1. The Morgan fingerprint density at radius 1 is 1.18 bits per heavy atom. The highest BCUT2D eigenvalue weighted by molar-refractivity contribution is 5.90. The van der Waals surface area contributed by atoms with E-state index in [0.29, 0.717) is 18.3 Å². The van der Waals surface area contributed by atoms with Gasteiger partial charge in [-0.25, -0.2) is 4.79 Å². The first-order valence-electron chi connectivity index (χ1n) is 10.2. The van der Waals surface area contributed by atoms with Crippen LogP contribution in [0.1, 0.15) is 36.8 Å². The number of urea groups is 1. The van der Waals surface area contributed by atoms with Crippen molar-refractivity contribution in [3.8, 4) is 0 Å². The zero-order valence-electron chi connectivity index (χ0n) is 16.3. The number of hydrogen-bond acceptors (Lipinski definition) is 3. The first-order valence-corrected chi connectivity index (χ1v) is 10.2. The predicted octanol–water partition coefficient (Wildman–Crippen LogP) is 4.20. The molecule has 2 aromatic rings. The molecule has 148 valence electrons. The van der Waals surface area contributed by atoms with Gasteiger partial charge in [-0.3, -0.25) is 0 Å². The van der Waals surface area contributed by atoms with Gasteiger partial charge in [-0.15, -0.1) is 0 Å². The Morgan fingerprint density at radius 3 is 2.86 bits per heavy atom. The second-order valence-electron chi connectivity index (χ2n) is 7.52. The van der Waals surface area contributed by atoms with Gasteiger partial charge in [0, 0.05) is 24.5 Å². The zero-order chi connectivity index (χ0) is 19.6. The Kier molecular flexibility index (Phi) is 7.62. The van der Waals surface area contributed by atoms with Crippen LogP contribution in [0.25, 0.3) is 0 Å². The third kappa shape index (κ3) is 6.50. The number of nitrogens with one attached hydrogen (secondary N) is 4. The molecule has 0 radical (unpaired) electrons. The molecule has 4 N–H and O–H groups in total. The Labute approximate surface area is 167 Å². The van der Waals surface area contributed by atoms with Crippen LogP contribution >= 0.6 is 0 Å². The zero-order valence-corrected chi connectivity index (χ0v) is 16.3. The first-order chi connectivity index (χ1) is 13.7. The fourth-order valence-corrected chi connectivity index (χ4v) is 3.88. The van der Waals surface area contributed by atoms with E-state index in [1.54, 1.807) is 6.07 Å². The van der Waals surface area contributed by atoms with Gasteiger partial charge in [-0.05, 0) is 67.8 Å². The Morgan fingerprint density at radius 2 is 2.04 bits per heavy atom. The summed E-state index contributed by atoms with van der Waals surface area (Å²) in [7, 11) is 0. The van der Waals surface area contributed by atoms with Crippen LogP contribution in [0.4, 0.5) is 10.5 Å². The lowest BCUT2D eigenvalue weighted by Crippen LogP contribution is -2.39. The van der Waals surface area contributed by atoms with E-state index < -0.39 is 0 Å². The number of anilines is 1. The van der Waals surface area contributed by atoms with Crippen molar-refractivity contribution in [3.05, 3.63) is 65.7 Å². The molecule has 1 heterocycles. The highest BCUT2D eigenvalue weighted by atomic mass is 16.2. The van der Waals surface area contributed by atoms with Gasteiger partial charge in [0.2, 0.25) is 0 Å². The summed E-state index contributed by atoms with van der Waals surface area (Å²) in [5.74, 6) is 0.742. The molecule has 5 heteroatoms. The van der Waals surface area contributed by atoms with E-state index in [-0.39, 0.29) is 6.03 Å². The van der Waals surface area contributed by atoms with Crippen molar-refractivity contribution in [1.82, 2.24) is 10.6 Å². The van der Waals surface area contributed by atoms with Gasteiger partial charge in [-0.2, -0.15) is 0 Å². The molecule has 2 atom stereocenters. The van der Waals surface area contributed by atoms with Crippen molar-refractivity contribution in [1.29, 1.82) is 5.41 Å². The minimum Gasteiger partial charge on any atom is -0.338 e. The van der Waals surface area contributed by atoms with E-state index in [9.17, 15) is 4.79 Å². The standard InChI is InChI=1S/C23H30N4O/c24-17-20-8-4-9-22(16-20)27-23(28)26-12-5-10-21-15-19(11-13-25-21)14-18-6-2-1-3-7-18/h1-4,6-9,16-17,19,21,24-25H,5,10-15H2,(H2,26,27,28)/t19-,21-/m0/s1. The maximum atomic E-state index is 12.0. The Bertz CT molecular complexity index is 762. The maximum Gasteiger partial charge on any atom is 0.319 e. The molecule has 2 aromatic carbocycles. The fraction of sp³-hybridized carbons (Fsp3) is 0.391. The van der Waals surface area contributed by atoms with Crippen LogP contribution in [0, 0.1) is 11.3 Å². The first kappa shape index (κ1) is 20.1. The monoisotopic (exact) mass is 378 g/mol. The number of carbonyl (C=O) groups excluding carboxylic acids is 1. The van der Waals surface area contributed by atoms with Crippen LogP contribution in [-0.2, 0) is 6.42 Å². The molecule has 2 amide bonds. The third-order valence-corrected chi connectivity index (χ3v) is 5.30. The predicted molar refractivity (Wildman–Crippen MR) is 115 cm³/mol. The number of hydrogen-bond donors (Lipinski definition) is 4. The topological polar surface area (TPSA) is 77.0 Å². The molecule has 0 bridgehead atoms. The highest BCUT2D eigenvalue weighted by Crippen LogP contribution is 2.23. The second kappa shape index (κ2) is 10.6. The van der Waals surface area contributed by atoms with Crippen LogP contribution in [0.2, 0.25) is 0 Å². The number of amides is 2. The molecule has 1 saturated heterocycles. The molecule has 0 aliphatic carbocycles. The third-order valence-electron chi connectivity index (χ3n) is 5.30. The van der Waals surface area contributed by atoms with E-state index in [2.05, 4.69) is 46.3 Å². The Balaban J connectivity index is 1.34. The average molecular weight is 379 g/mol. The van der Waals surface area contributed by atoms with E-state index >= 15 is 0 Å². The lowest BCUT2D eigenvalue weighted by Gasteiger charge is -2.30. The number of benzene rings is 2. The summed E-state index contributed by atoms with van der Waals surface area (Å²) in [4.78, 5) is 12.0. The van der Waals surface area contributed by atoms with Crippen molar-refractivity contribution in [2.24, 2.45) is 5.92 Å². The van der Waals surface area contributed by atoms with Crippen LogP contribution in [0.3, 0.4) is 0 Å². The molecule has 0 aromatic heterocycles. The number of rotatable bonds is 8. The van der Waals surface area contributed by atoms with E-state index in [4.69, 9.17) is 5.41 Å². The molecule has 0 spiro atoms. The normalized spacial score (nSPS) is 19.0. The summed E-state index contributed by atoms with van der Waals surface area (Å²) in [6.45, 7) is 1.75. The summed E-state index contributed by atoms with van der Waals surface area (Å²) in [5, 5.41) is 16.6. The molecule has 0 saturated carbocycles. The van der Waals surface area contributed by atoms with Crippen LogP contribution in [0.5, 0.6) is 0 Å². The van der Waals surface area contributed by atoms with E-state index in [1.165, 1.54) is 24.6 Å². The fourth-order valence-electron chi connectivity index (χ4n) is 3.88. The minimum absolute atomic E-state index is 0.194. The van der Waals surface area contributed by atoms with Gasteiger partial charge >= 0.3 is 6.03 Å². The Hall–Kier alpha value is -2.66. The minimum atomic E-state index is -0.194. The molecule has 1 aliphatic heterocycles. The summed E-state index contributed by atoms with van der Waals surface area (Å²) < 4.78 is 0. The van der Waals surface area contributed by atoms with Crippen molar-refractivity contribution in [3.63, 3.8) is 0 Å². The van der Waals surface area contributed by atoms with Gasteiger partial charge in [0.05, 0.1) is 0 Å². The molecular weight excluding hydrogens is 348 g/mol. The molecular formula is C23H30N4O. The average Bonchev–Trinajstić information content (AvgIpc) is 2.72. The van der Waals surface area contributed by atoms with Crippen molar-refractivity contribution in [2.45, 2.75) is 38.1 Å². The van der Waals surface area contributed by atoms with Gasteiger partial charge in [-0.1, -0.05) is 42.5 Å². The smallest absolute Gasteiger partial charge is 0.319 e. The summed E-state index contributed by atoms with van der Waals surface area (Å²) in [5.41, 5.74) is 2.90. The van der Waals surface area contributed by atoms with Crippen molar-refractivity contribution in [2.75, 3.05) is 18.4 Å². The molecule has 28 heavy (non-hydrogen) atoms. The largest absolute Gasteiger partial charge is 0.338 e. The lowest BCUT2D eigenvalue weighted by molar-refractivity contribution is 0.250. The van der Waals surface area contributed by atoms with Gasteiger partial charge in [0.1, 0.15) is 0 Å². The second-order valence-corrected chi connectivity index (χ2v) is 7.52. The lowest BCUT2D eigenvalue weighted by atomic mass is 9.86.